The fraction of sp³-hybridized carbons (Fsp3) is 0.700. The molecule has 0 N–H and O–H groups in total. The van der Waals surface area contributed by atoms with E-state index in [1.54, 1.807) is 23.1 Å². The number of rotatable bonds is 5. The lowest BCUT2D eigenvalue weighted by Gasteiger charge is -2.38. The Balaban J connectivity index is 1.30. The Morgan fingerprint density at radius 1 is 1.19 bits per heavy atom. The van der Waals surface area contributed by atoms with Crippen LogP contribution in [0.15, 0.2) is 11.4 Å². The summed E-state index contributed by atoms with van der Waals surface area (Å²) in [5.74, 6) is 0.928. The summed E-state index contributed by atoms with van der Waals surface area (Å²) in [6.07, 6.45) is 3.37. The van der Waals surface area contributed by atoms with Crippen molar-refractivity contribution in [1.29, 1.82) is 0 Å². The molecule has 0 aromatic carbocycles. The maximum absolute atomic E-state index is 12.7. The minimum atomic E-state index is 0.0356. The second kappa shape index (κ2) is 8.13. The summed E-state index contributed by atoms with van der Waals surface area (Å²) in [5.41, 5.74) is 1.28. The Labute approximate surface area is 170 Å². The van der Waals surface area contributed by atoms with Crippen molar-refractivity contribution in [3.8, 4) is 0 Å². The van der Waals surface area contributed by atoms with Crippen molar-refractivity contribution in [2.24, 2.45) is 5.92 Å². The molecule has 3 aliphatic rings. The molecular weight excluding hydrogens is 378 g/mol. The standard InChI is InChI=1S/C20H29N3O2S2/c1-14-6-13-26-17(14)20-23(18(24)15(2)27-20)12-9-21-7-10-22(11-8-21)19(25)16-4-3-5-16/h6,13,15-16,20H,3-5,7-12H2,1-2H3/t15-,20+/m1/s1. The average Bonchev–Trinajstić information content (AvgIpc) is 3.16. The zero-order valence-corrected chi connectivity index (χ0v) is 17.9. The summed E-state index contributed by atoms with van der Waals surface area (Å²) in [4.78, 5) is 32.9. The SMILES string of the molecule is Cc1ccsc1[C@@H]1S[C@H](C)C(=O)N1CCN1CCN(C(=O)C2CCC2)CC1. The van der Waals surface area contributed by atoms with Crippen molar-refractivity contribution in [2.75, 3.05) is 39.3 Å². The number of thiophene rings is 1. The first-order valence-electron chi connectivity index (χ1n) is 10.1. The largest absolute Gasteiger partial charge is 0.340 e. The molecule has 1 saturated carbocycles. The van der Waals surface area contributed by atoms with Gasteiger partial charge in [0.25, 0.3) is 0 Å². The third-order valence-electron chi connectivity index (χ3n) is 6.17. The molecule has 1 aromatic rings. The number of carbonyl (C=O) groups is 2. The van der Waals surface area contributed by atoms with E-state index in [0.29, 0.717) is 11.8 Å². The molecule has 2 amide bonds. The maximum Gasteiger partial charge on any atom is 0.236 e. The van der Waals surface area contributed by atoms with E-state index in [0.717, 1.165) is 52.1 Å². The van der Waals surface area contributed by atoms with Crippen LogP contribution in [0.5, 0.6) is 0 Å². The highest BCUT2D eigenvalue weighted by Crippen LogP contribution is 2.45. The highest BCUT2D eigenvalue weighted by molar-refractivity contribution is 8.01. The second-order valence-corrected chi connectivity index (χ2v) is 10.3. The average molecular weight is 408 g/mol. The molecule has 2 atom stereocenters. The molecular formula is C20H29N3O2S2. The van der Waals surface area contributed by atoms with Gasteiger partial charge in [0.1, 0.15) is 5.37 Å². The van der Waals surface area contributed by atoms with E-state index in [4.69, 9.17) is 0 Å². The molecule has 0 unspecified atom stereocenters. The molecule has 2 saturated heterocycles. The van der Waals surface area contributed by atoms with Crippen molar-refractivity contribution in [3.63, 3.8) is 0 Å². The van der Waals surface area contributed by atoms with E-state index >= 15 is 0 Å². The van der Waals surface area contributed by atoms with Gasteiger partial charge in [0.2, 0.25) is 11.8 Å². The lowest BCUT2D eigenvalue weighted by molar-refractivity contribution is -0.139. The molecule has 0 spiro atoms. The van der Waals surface area contributed by atoms with Crippen LogP contribution in [0.3, 0.4) is 0 Å². The molecule has 4 rings (SSSR count). The van der Waals surface area contributed by atoms with Crippen molar-refractivity contribution in [2.45, 2.75) is 43.7 Å². The lowest BCUT2D eigenvalue weighted by Crippen LogP contribution is -2.52. The first-order chi connectivity index (χ1) is 13.0. The van der Waals surface area contributed by atoms with E-state index in [-0.39, 0.29) is 16.5 Å². The molecule has 1 aliphatic carbocycles. The quantitative estimate of drug-likeness (QED) is 0.753. The Hall–Kier alpha value is -1.05. The Morgan fingerprint density at radius 2 is 1.93 bits per heavy atom. The lowest BCUT2D eigenvalue weighted by atomic mass is 9.84. The zero-order valence-electron chi connectivity index (χ0n) is 16.2. The Kier molecular flexibility index (Phi) is 5.81. The van der Waals surface area contributed by atoms with E-state index in [2.05, 4.69) is 33.1 Å². The molecule has 3 fully saturated rings. The van der Waals surface area contributed by atoms with Crippen LogP contribution in [-0.2, 0) is 9.59 Å². The van der Waals surface area contributed by atoms with Crippen LogP contribution < -0.4 is 0 Å². The van der Waals surface area contributed by atoms with Gasteiger partial charge in [-0.15, -0.1) is 23.1 Å². The molecule has 0 bridgehead atoms. The molecule has 7 heteroatoms. The molecule has 1 aromatic heterocycles. The molecule has 2 aliphatic heterocycles. The number of carbonyl (C=O) groups excluding carboxylic acids is 2. The number of piperazine rings is 1. The van der Waals surface area contributed by atoms with Crippen molar-refractivity contribution >= 4 is 34.9 Å². The summed E-state index contributed by atoms with van der Waals surface area (Å²) in [6, 6.07) is 2.14. The fourth-order valence-electron chi connectivity index (χ4n) is 4.10. The number of thioether (sulfide) groups is 1. The van der Waals surface area contributed by atoms with Crippen LogP contribution in [0.4, 0.5) is 0 Å². The normalized spacial score (nSPS) is 27.3. The number of hydrogen-bond acceptors (Lipinski definition) is 5. The van der Waals surface area contributed by atoms with Crippen LogP contribution in [0.1, 0.15) is 42.0 Å². The van der Waals surface area contributed by atoms with E-state index in [1.807, 2.05) is 6.92 Å². The van der Waals surface area contributed by atoms with Gasteiger partial charge in [-0.1, -0.05) is 6.42 Å². The van der Waals surface area contributed by atoms with Gasteiger partial charge in [-0.25, -0.2) is 0 Å². The van der Waals surface area contributed by atoms with Crippen LogP contribution in [0.25, 0.3) is 0 Å². The van der Waals surface area contributed by atoms with Crippen molar-refractivity contribution in [1.82, 2.24) is 14.7 Å². The number of amides is 2. The van der Waals surface area contributed by atoms with Crippen molar-refractivity contribution < 1.29 is 9.59 Å². The highest BCUT2D eigenvalue weighted by atomic mass is 32.2. The van der Waals surface area contributed by atoms with E-state index in [9.17, 15) is 9.59 Å². The van der Waals surface area contributed by atoms with E-state index in [1.165, 1.54) is 16.9 Å². The summed E-state index contributed by atoms with van der Waals surface area (Å²) in [5, 5.41) is 2.32. The van der Waals surface area contributed by atoms with Gasteiger partial charge >= 0.3 is 0 Å². The van der Waals surface area contributed by atoms with Crippen molar-refractivity contribution in [3.05, 3.63) is 21.9 Å². The Morgan fingerprint density at radius 3 is 2.52 bits per heavy atom. The molecule has 0 radical (unpaired) electrons. The fourth-order valence-corrected chi connectivity index (χ4v) is 6.65. The van der Waals surface area contributed by atoms with Crippen LogP contribution >= 0.6 is 23.1 Å². The van der Waals surface area contributed by atoms with Crippen LogP contribution in [0.2, 0.25) is 0 Å². The number of nitrogens with zero attached hydrogens (tertiary/aromatic N) is 3. The predicted molar refractivity (Wildman–Crippen MR) is 111 cm³/mol. The monoisotopic (exact) mass is 407 g/mol. The molecule has 5 nitrogen and oxygen atoms in total. The smallest absolute Gasteiger partial charge is 0.236 e. The number of aryl methyl sites for hydroxylation is 1. The van der Waals surface area contributed by atoms with Gasteiger partial charge in [0, 0.05) is 50.1 Å². The second-order valence-electron chi connectivity index (χ2n) is 7.92. The van der Waals surface area contributed by atoms with Gasteiger partial charge in [-0.2, -0.15) is 0 Å². The van der Waals surface area contributed by atoms with Gasteiger partial charge in [-0.3, -0.25) is 14.5 Å². The first kappa shape index (κ1) is 19.3. The minimum Gasteiger partial charge on any atom is -0.340 e. The minimum absolute atomic E-state index is 0.0356. The zero-order chi connectivity index (χ0) is 19.0. The van der Waals surface area contributed by atoms with Crippen LogP contribution in [0, 0.1) is 12.8 Å². The maximum atomic E-state index is 12.7. The van der Waals surface area contributed by atoms with Crippen LogP contribution in [-0.4, -0.2) is 71.0 Å². The van der Waals surface area contributed by atoms with Gasteiger partial charge in [0.15, 0.2) is 0 Å². The third-order valence-corrected chi connectivity index (χ3v) is 8.75. The number of hydrogen-bond donors (Lipinski definition) is 0. The Bertz CT molecular complexity index is 695. The van der Waals surface area contributed by atoms with E-state index < -0.39 is 0 Å². The molecule has 3 heterocycles. The molecule has 27 heavy (non-hydrogen) atoms. The van der Waals surface area contributed by atoms with Gasteiger partial charge in [-0.05, 0) is 43.7 Å². The summed E-state index contributed by atoms with van der Waals surface area (Å²) < 4.78 is 0. The first-order valence-corrected chi connectivity index (χ1v) is 11.9. The topological polar surface area (TPSA) is 43.9 Å². The molecule has 148 valence electrons. The predicted octanol–water partition coefficient (Wildman–Crippen LogP) is 2.96. The third kappa shape index (κ3) is 3.91. The van der Waals surface area contributed by atoms with Gasteiger partial charge in [0.05, 0.1) is 5.25 Å². The summed E-state index contributed by atoms with van der Waals surface area (Å²) in [7, 11) is 0. The highest BCUT2D eigenvalue weighted by Gasteiger charge is 2.39. The summed E-state index contributed by atoms with van der Waals surface area (Å²) in [6.45, 7) is 9.34. The summed E-state index contributed by atoms with van der Waals surface area (Å²) >= 11 is 3.53. The van der Waals surface area contributed by atoms with Gasteiger partial charge < -0.3 is 9.80 Å².